The third kappa shape index (κ3) is 4.70. The number of morpholine rings is 1. The van der Waals surface area contributed by atoms with E-state index < -0.39 is 0 Å². The molecular weight excluding hydrogens is 324 g/mol. The lowest BCUT2D eigenvalue weighted by Gasteiger charge is -2.38. The minimum absolute atomic E-state index is 0.0304. The summed E-state index contributed by atoms with van der Waals surface area (Å²) in [5.41, 5.74) is 0. The Balaban J connectivity index is 1.35. The maximum Gasteiger partial charge on any atom is 0.320 e. The van der Waals surface area contributed by atoms with Gasteiger partial charge >= 0.3 is 6.03 Å². The van der Waals surface area contributed by atoms with Crippen LogP contribution in [0.25, 0.3) is 0 Å². The van der Waals surface area contributed by atoms with Crippen LogP contribution < -0.4 is 0 Å². The molecule has 8 nitrogen and oxygen atoms in total. The van der Waals surface area contributed by atoms with E-state index >= 15 is 0 Å². The van der Waals surface area contributed by atoms with Gasteiger partial charge in [-0.15, -0.1) is 0 Å². The fraction of sp³-hybridized carbons (Fsp3) is 0.824. The van der Waals surface area contributed by atoms with Gasteiger partial charge in [-0.2, -0.15) is 0 Å². The predicted molar refractivity (Wildman–Crippen MR) is 91.0 cm³/mol. The summed E-state index contributed by atoms with van der Waals surface area (Å²) in [5.74, 6) is -0.0608. The van der Waals surface area contributed by atoms with Crippen LogP contribution in [0.4, 0.5) is 4.79 Å². The molecule has 140 valence electrons. The van der Waals surface area contributed by atoms with Crippen LogP contribution in [-0.4, -0.2) is 103 Å². The van der Waals surface area contributed by atoms with Crippen LogP contribution in [0.1, 0.15) is 25.7 Å². The number of carbonyl (C=O) groups is 3. The first-order valence-electron chi connectivity index (χ1n) is 9.32. The second-order valence-corrected chi connectivity index (χ2v) is 6.86. The predicted octanol–water partition coefficient (Wildman–Crippen LogP) is -0.0146. The fourth-order valence-electron chi connectivity index (χ4n) is 3.62. The van der Waals surface area contributed by atoms with E-state index in [9.17, 15) is 14.4 Å². The van der Waals surface area contributed by atoms with Crippen molar-refractivity contribution < 1.29 is 19.1 Å². The minimum atomic E-state index is -0.0304. The van der Waals surface area contributed by atoms with Gasteiger partial charge in [0.1, 0.15) is 0 Å². The zero-order chi connectivity index (χ0) is 17.6. The number of imide groups is 1. The van der Waals surface area contributed by atoms with Crippen molar-refractivity contribution in [3.8, 4) is 0 Å². The van der Waals surface area contributed by atoms with Crippen molar-refractivity contribution in [2.75, 3.05) is 65.6 Å². The van der Waals surface area contributed by atoms with E-state index in [1.165, 1.54) is 4.90 Å². The molecule has 4 amide bonds. The Hall–Kier alpha value is -1.67. The number of hydrogen-bond donors (Lipinski definition) is 0. The lowest BCUT2D eigenvalue weighted by molar-refractivity contribution is -0.148. The molecule has 0 aromatic carbocycles. The van der Waals surface area contributed by atoms with Crippen LogP contribution >= 0.6 is 0 Å². The molecule has 0 aromatic rings. The summed E-state index contributed by atoms with van der Waals surface area (Å²) in [6.45, 7) is 7.14. The first-order valence-corrected chi connectivity index (χ1v) is 9.32. The van der Waals surface area contributed by atoms with Crippen molar-refractivity contribution in [3.05, 3.63) is 0 Å². The number of urea groups is 1. The topological polar surface area (TPSA) is 73.4 Å². The minimum Gasteiger partial charge on any atom is -0.378 e. The molecule has 0 aromatic heterocycles. The monoisotopic (exact) mass is 352 g/mol. The lowest BCUT2D eigenvalue weighted by atomic mass is 10.1. The molecule has 3 aliphatic rings. The average Bonchev–Trinajstić information content (AvgIpc) is 2.65. The average molecular weight is 352 g/mol. The molecule has 0 atom stereocenters. The first kappa shape index (κ1) is 18.1. The normalized spacial score (nSPS) is 23.3. The second kappa shape index (κ2) is 8.62. The smallest absolute Gasteiger partial charge is 0.320 e. The summed E-state index contributed by atoms with van der Waals surface area (Å²) in [5, 5.41) is 0. The number of rotatable bonds is 4. The molecule has 25 heavy (non-hydrogen) atoms. The molecule has 0 aliphatic carbocycles. The van der Waals surface area contributed by atoms with E-state index in [0.29, 0.717) is 52.1 Å². The summed E-state index contributed by atoms with van der Waals surface area (Å²) >= 11 is 0. The fourth-order valence-corrected chi connectivity index (χ4v) is 3.62. The Morgan fingerprint density at radius 2 is 1.44 bits per heavy atom. The van der Waals surface area contributed by atoms with Gasteiger partial charge in [-0.25, -0.2) is 4.79 Å². The molecule has 0 radical (unpaired) electrons. The van der Waals surface area contributed by atoms with E-state index in [1.807, 2.05) is 9.80 Å². The summed E-state index contributed by atoms with van der Waals surface area (Å²) in [6.07, 6.45) is 2.48. The number of piperazine rings is 1. The highest BCUT2D eigenvalue weighted by atomic mass is 16.5. The van der Waals surface area contributed by atoms with Gasteiger partial charge < -0.3 is 14.5 Å². The van der Waals surface area contributed by atoms with Crippen molar-refractivity contribution in [1.29, 1.82) is 0 Å². The van der Waals surface area contributed by atoms with Crippen LogP contribution in [0.2, 0.25) is 0 Å². The van der Waals surface area contributed by atoms with Gasteiger partial charge in [0, 0.05) is 58.7 Å². The molecule has 0 bridgehead atoms. The van der Waals surface area contributed by atoms with Crippen molar-refractivity contribution in [2.45, 2.75) is 25.7 Å². The van der Waals surface area contributed by atoms with Gasteiger partial charge in [-0.05, 0) is 19.4 Å². The Kier molecular flexibility index (Phi) is 6.25. The summed E-state index contributed by atoms with van der Waals surface area (Å²) in [4.78, 5) is 43.5. The van der Waals surface area contributed by atoms with Crippen molar-refractivity contribution in [3.63, 3.8) is 0 Å². The van der Waals surface area contributed by atoms with E-state index in [2.05, 4.69) is 4.90 Å². The summed E-state index contributed by atoms with van der Waals surface area (Å²) in [6, 6.07) is 0.118. The Morgan fingerprint density at radius 1 is 0.840 bits per heavy atom. The SMILES string of the molecule is O=C(N1CCOCC1)N1CCN(CCCN2C(=O)CCCC2=O)CC1. The van der Waals surface area contributed by atoms with Crippen molar-refractivity contribution >= 4 is 17.8 Å². The first-order chi connectivity index (χ1) is 12.1. The number of carbonyl (C=O) groups excluding carboxylic acids is 3. The quantitative estimate of drug-likeness (QED) is 0.665. The van der Waals surface area contributed by atoms with Crippen LogP contribution in [0.15, 0.2) is 0 Å². The molecule has 3 heterocycles. The van der Waals surface area contributed by atoms with Crippen LogP contribution in [0, 0.1) is 0 Å². The van der Waals surface area contributed by atoms with Crippen molar-refractivity contribution in [2.24, 2.45) is 0 Å². The second-order valence-electron chi connectivity index (χ2n) is 6.86. The van der Waals surface area contributed by atoms with Crippen LogP contribution in [0.3, 0.4) is 0 Å². The molecule has 3 saturated heterocycles. The molecular formula is C17H28N4O4. The van der Waals surface area contributed by atoms with E-state index in [-0.39, 0.29) is 17.8 Å². The van der Waals surface area contributed by atoms with Gasteiger partial charge in [0.2, 0.25) is 11.8 Å². The highest BCUT2D eigenvalue weighted by Gasteiger charge is 2.27. The van der Waals surface area contributed by atoms with Crippen LogP contribution in [0.5, 0.6) is 0 Å². The Bertz CT molecular complexity index is 483. The third-order valence-electron chi connectivity index (χ3n) is 5.16. The molecule has 0 saturated carbocycles. The number of piperidine rings is 1. The zero-order valence-corrected chi connectivity index (χ0v) is 14.8. The maximum absolute atomic E-state index is 12.4. The van der Waals surface area contributed by atoms with Gasteiger partial charge in [0.25, 0.3) is 0 Å². The van der Waals surface area contributed by atoms with Gasteiger partial charge in [0.05, 0.1) is 13.2 Å². The van der Waals surface area contributed by atoms with Crippen LogP contribution in [-0.2, 0) is 14.3 Å². The molecule has 0 unspecified atom stereocenters. The van der Waals surface area contributed by atoms with Crippen molar-refractivity contribution in [1.82, 2.24) is 19.6 Å². The lowest BCUT2D eigenvalue weighted by Crippen LogP contribution is -2.55. The number of likely N-dealkylation sites (tertiary alicyclic amines) is 1. The summed E-state index contributed by atoms with van der Waals surface area (Å²) < 4.78 is 5.29. The maximum atomic E-state index is 12.4. The van der Waals surface area contributed by atoms with E-state index in [4.69, 9.17) is 4.74 Å². The molecule has 3 aliphatic heterocycles. The zero-order valence-electron chi connectivity index (χ0n) is 14.8. The van der Waals surface area contributed by atoms with E-state index in [1.54, 1.807) is 0 Å². The number of amides is 4. The molecule has 3 fully saturated rings. The van der Waals surface area contributed by atoms with Gasteiger partial charge in [-0.3, -0.25) is 19.4 Å². The standard InChI is InChI=1S/C17H28N4O4/c22-15-3-1-4-16(23)21(15)6-2-5-18-7-9-19(10-8-18)17(24)20-11-13-25-14-12-20/h1-14H2. The Morgan fingerprint density at radius 3 is 2.08 bits per heavy atom. The largest absolute Gasteiger partial charge is 0.378 e. The van der Waals surface area contributed by atoms with Gasteiger partial charge in [-0.1, -0.05) is 0 Å². The number of ether oxygens (including phenoxy) is 1. The number of nitrogens with zero attached hydrogens (tertiary/aromatic N) is 4. The number of hydrogen-bond acceptors (Lipinski definition) is 5. The van der Waals surface area contributed by atoms with Gasteiger partial charge in [0.15, 0.2) is 0 Å². The summed E-state index contributed by atoms with van der Waals surface area (Å²) in [7, 11) is 0. The molecule has 0 N–H and O–H groups in total. The highest BCUT2D eigenvalue weighted by Crippen LogP contribution is 2.13. The highest BCUT2D eigenvalue weighted by molar-refractivity contribution is 5.97. The van der Waals surface area contributed by atoms with E-state index in [0.717, 1.165) is 39.1 Å². The molecule has 3 rings (SSSR count). The molecule has 0 spiro atoms. The third-order valence-corrected chi connectivity index (χ3v) is 5.16. The molecule has 8 heteroatoms. The Labute approximate surface area is 148 Å².